The van der Waals surface area contributed by atoms with Crippen LogP contribution in [-0.2, 0) is 0 Å². The van der Waals surface area contributed by atoms with Gasteiger partial charge in [-0.1, -0.05) is 92.8 Å². The van der Waals surface area contributed by atoms with Crippen molar-refractivity contribution >= 4 is 83.3 Å². The maximum Gasteiger partial charge on any atom is 0.149 e. The minimum atomic E-state index is -0.289. The van der Waals surface area contributed by atoms with Gasteiger partial charge in [0.2, 0.25) is 0 Å². The molecule has 0 bridgehead atoms. The van der Waals surface area contributed by atoms with E-state index in [0.29, 0.717) is 56.4 Å². The second-order valence-corrected chi connectivity index (χ2v) is 44.6. The second-order valence-electron chi connectivity index (χ2n) is 44.6. The summed E-state index contributed by atoms with van der Waals surface area (Å²) in [7, 11) is 0. The number of imidazole rings is 4. The van der Waals surface area contributed by atoms with Gasteiger partial charge in [0.25, 0.3) is 0 Å². The zero-order valence-corrected chi connectivity index (χ0v) is 87.5. The van der Waals surface area contributed by atoms with Gasteiger partial charge in [0.05, 0.1) is 47.6 Å². The number of halogens is 4. The summed E-state index contributed by atoms with van der Waals surface area (Å²) in [5.41, 5.74) is 35.4. The summed E-state index contributed by atoms with van der Waals surface area (Å²) in [6, 6.07) is 76.4. The Morgan fingerprint density at radius 2 is 0.613 bits per heavy atom. The molecule has 758 valence electrons. The Morgan fingerprint density at radius 3 is 0.960 bits per heavy atom. The summed E-state index contributed by atoms with van der Waals surface area (Å²) in [5, 5.41) is 10.6. The highest BCUT2D eigenvalue weighted by atomic mass is 19.1. The highest BCUT2D eigenvalue weighted by molar-refractivity contribution is 5.99. The molecule has 3 spiro atoms. The predicted octanol–water partition coefficient (Wildman–Crippen LogP) is 30.2. The third-order valence-electron chi connectivity index (χ3n) is 33.7. The molecule has 12 aromatic heterocycles. The molecule has 3 aliphatic carbocycles. The van der Waals surface area contributed by atoms with Crippen molar-refractivity contribution in [3.8, 4) is 89.5 Å². The average molecular weight is 1990 g/mol. The van der Waals surface area contributed by atoms with Crippen molar-refractivity contribution in [1.82, 2.24) is 68.1 Å². The summed E-state index contributed by atoms with van der Waals surface area (Å²) in [6.45, 7) is 27.7. The van der Waals surface area contributed by atoms with Gasteiger partial charge in [-0.25, -0.2) is 37.5 Å². The SMILES string of the molecule is Cc1cc(F)c2nc(C)cc(-c3cnc4cc(-c5ccc(C6C[C@@H](C)N[C@@H](C)C6)cc5)ccn34)c2c1.Cc1cc(F)c2nc(C)cc(-c3cnc4cc(-c5ccc(N6CCC7(CCCCC7)CC6)cc5)ccn34)c2c1.Cc1cc(F)c2nc(C)cc(-c3cnc4cc(-c5ccc(N6CCCC7(CCCC7)C6)cc5)ccn34)c2c1.Cc1cc(F)c2nc(C)cc(-c3cnc4cc(-c5ccc(N6CCNC7(CCC7)C6)cc5)ccn34)c2c1. The third kappa shape index (κ3) is 19.2. The molecule has 0 amide bonds. The van der Waals surface area contributed by atoms with E-state index in [1.165, 1.54) is 192 Å². The van der Waals surface area contributed by atoms with E-state index in [9.17, 15) is 17.6 Å². The molecule has 16 heterocycles. The largest absolute Gasteiger partial charge is 0.371 e. The number of piperidine rings is 3. The molecule has 7 fully saturated rings. The number of piperazine rings is 1. The predicted molar refractivity (Wildman–Crippen MR) is 603 cm³/mol. The van der Waals surface area contributed by atoms with Crippen LogP contribution >= 0.6 is 0 Å². The molecule has 17 nitrogen and oxygen atoms in total. The number of pyridine rings is 8. The number of nitrogens with one attached hydrogen (secondary N) is 2. The van der Waals surface area contributed by atoms with Crippen LogP contribution in [0.4, 0.5) is 34.6 Å². The molecule has 1 unspecified atom stereocenters. The fourth-order valence-corrected chi connectivity index (χ4v) is 26.0. The Bertz CT molecular complexity index is 8540. The van der Waals surface area contributed by atoms with E-state index in [1.807, 2.05) is 129 Å². The van der Waals surface area contributed by atoms with Crippen LogP contribution in [0.15, 0.2) is 268 Å². The Hall–Kier alpha value is -14.8. The van der Waals surface area contributed by atoms with Gasteiger partial charge in [0, 0.05) is 172 Å². The van der Waals surface area contributed by atoms with Crippen LogP contribution in [0, 0.1) is 89.5 Å². The van der Waals surface area contributed by atoms with Gasteiger partial charge in [-0.15, -0.1) is 0 Å². The first-order valence-electron chi connectivity index (χ1n) is 54.2. The smallest absolute Gasteiger partial charge is 0.149 e. The lowest BCUT2D eigenvalue weighted by atomic mass is 9.68. The van der Waals surface area contributed by atoms with Crippen LogP contribution in [-0.4, -0.2) is 121 Å². The molecule has 2 N–H and O–H groups in total. The van der Waals surface area contributed by atoms with Gasteiger partial charge < -0.3 is 25.3 Å². The maximum atomic E-state index is 14.7. The second kappa shape index (κ2) is 39.9. The van der Waals surface area contributed by atoms with Crippen molar-refractivity contribution in [2.45, 2.75) is 208 Å². The van der Waals surface area contributed by atoms with Crippen molar-refractivity contribution in [1.29, 1.82) is 0 Å². The molecule has 3 saturated carbocycles. The quantitative estimate of drug-likeness (QED) is 0.112. The number of fused-ring (bicyclic) bond motifs is 8. The number of rotatable bonds is 12. The molecule has 20 aromatic rings. The van der Waals surface area contributed by atoms with Gasteiger partial charge in [-0.3, -0.25) is 37.5 Å². The van der Waals surface area contributed by atoms with E-state index >= 15 is 0 Å². The fourth-order valence-electron chi connectivity index (χ4n) is 26.0. The maximum absolute atomic E-state index is 14.7. The lowest BCUT2D eigenvalue weighted by Crippen LogP contribution is -2.64. The topological polar surface area (TPSA) is 155 Å². The number of benzene rings is 8. The van der Waals surface area contributed by atoms with E-state index in [-0.39, 0.29) is 23.3 Å². The van der Waals surface area contributed by atoms with Crippen molar-refractivity contribution in [2.24, 2.45) is 10.8 Å². The lowest BCUT2D eigenvalue weighted by molar-refractivity contribution is 0.144. The van der Waals surface area contributed by atoms with Gasteiger partial charge in [0.1, 0.15) is 67.9 Å². The number of anilines is 3. The van der Waals surface area contributed by atoms with Crippen LogP contribution in [0.5, 0.6) is 0 Å². The minimum absolute atomic E-state index is 0.285. The number of aryl methyl sites for hydroxylation is 8. The van der Waals surface area contributed by atoms with Crippen LogP contribution in [0.1, 0.15) is 186 Å². The number of hydrogen-bond acceptors (Lipinski definition) is 13. The molecular formula is C129H129F4N17. The summed E-state index contributed by atoms with van der Waals surface area (Å²) in [4.78, 5) is 44.5. The molecule has 150 heavy (non-hydrogen) atoms. The molecule has 4 saturated heterocycles. The van der Waals surface area contributed by atoms with Crippen molar-refractivity contribution < 1.29 is 17.6 Å². The first-order valence-corrected chi connectivity index (χ1v) is 54.2. The molecule has 4 aliphatic heterocycles. The summed E-state index contributed by atoms with van der Waals surface area (Å²) < 4.78 is 67.2. The molecule has 8 aromatic carbocycles. The standard InChI is InChI=1S/C34H35FN4.C33H33FN4.C31H30FN5.C31H31FN4/c1-23-18-29-28(20-24(2)37-33(29)30(35)19-23)31-22-36-32-21-26(10-15-39(31)32)25-6-8-27(9-7-25)38-16-13-34(14-17-38)11-4-3-5-12-34;1-22-16-28-27(18-23(2)36-32(28)29(34)17-22)30-20-35-31-19-25(10-15-38(30)31)24-6-8-26(9-7-24)37-14-5-13-33(21-37)11-3-4-12-33;1-20-14-26-25(16-21(2)35-30(26)27(32)15-20)28-18-33-29-17-23(8-12-37(28)29)22-4-6-24(7-5-22)36-13-11-34-31(19-36)9-3-10-31;1-18-11-27-26(15-21(4)35-31(27)28(32)12-18)29-17-33-30-16-24(9-10-36(29)30)22-5-7-23(8-6-22)25-13-19(2)34-20(3)14-25/h6-10,15,18-22H,3-5,11-14,16-17H2,1-2H3;6-10,15-20H,3-5,11-14,21H2,1-2H3;4-8,12,14-18,34H,3,9-11,13,19H2,1-2H3;5-12,15-17,19-20,25,34H,13-14H2,1-4H3/t;;;19-,20+,25?. The van der Waals surface area contributed by atoms with Crippen LogP contribution < -0.4 is 25.3 Å². The van der Waals surface area contributed by atoms with Crippen molar-refractivity contribution in [3.05, 3.63) is 342 Å². The van der Waals surface area contributed by atoms with Gasteiger partial charge in [-0.05, 0) is 400 Å². The first-order chi connectivity index (χ1) is 72.8. The molecule has 7 aliphatic rings. The van der Waals surface area contributed by atoms with Gasteiger partial charge in [0.15, 0.2) is 0 Å². The molecular weight excluding hydrogens is 1860 g/mol. The summed E-state index contributed by atoms with van der Waals surface area (Å²) in [5.74, 6) is -0.541. The Kier molecular flexibility index (Phi) is 25.9. The van der Waals surface area contributed by atoms with Crippen molar-refractivity contribution in [3.63, 3.8) is 0 Å². The number of aromatic nitrogens is 12. The molecule has 21 heteroatoms. The van der Waals surface area contributed by atoms with E-state index in [1.54, 1.807) is 12.1 Å². The van der Waals surface area contributed by atoms with Crippen molar-refractivity contribution in [2.75, 3.05) is 60.5 Å². The van der Waals surface area contributed by atoms with E-state index in [0.717, 1.165) is 183 Å². The number of nitrogens with zero attached hydrogens (tertiary/aromatic N) is 15. The Morgan fingerprint density at radius 1 is 0.293 bits per heavy atom. The average Bonchev–Trinajstić information content (AvgIpc) is 1.38. The molecule has 3 atom stereocenters. The van der Waals surface area contributed by atoms with E-state index < -0.39 is 0 Å². The minimum Gasteiger partial charge on any atom is -0.371 e. The van der Waals surface area contributed by atoms with Gasteiger partial charge >= 0.3 is 0 Å². The number of hydrogen-bond donors (Lipinski definition) is 2. The molecule has 27 rings (SSSR count). The fraction of sp³-hybridized carbons (Fsp3) is 0.318. The lowest BCUT2D eigenvalue weighted by Gasteiger charge is -2.50. The first kappa shape index (κ1) is 97.3. The van der Waals surface area contributed by atoms with Gasteiger partial charge in [-0.2, -0.15) is 0 Å². The highest BCUT2D eigenvalue weighted by Crippen LogP contribution is 2.50. The van der Waals surface area contributed by atoms with E-state index in [2.05, 4.69) is 247 Å². The highest BCUT2D eigenvalue weighted by Gasteiger charge is 2.42. The van der Waals surface area contributed by atoms with Crippen LogP contribution in [0.3, 0.4) is 0 Å². The monoisotopic (exact) mass is 1990 g/mol. The summed E-state index contributed by atoms with van der Waals surface area (Å²) >= 11 is 0. The molecule has 0 radical (unpaired) electrons. The Labute approximate surface area is 874 Å². The zero-order chi connectivity index (χ0) is 103. The third-order valence-corrected chi connectivity index (χ3v) is 33.7. The van der Waals surface area contributed by atoms with Crippen LogP contribution in [0.2, 0.25) is 0 Å². The normalized spacial score (nSPS) is 17.9. The summed E-state index contributed by atoms with van der Waals surface area (Å²) in [6.07, 6.45) is 40.2. The van der Waals surface area contributed by atoms with E-state index in [4.69, 9.17) is 19.9 Å². The van der Waals surface area contributed by atoms with Crippen LogP contribution in [0.25, 0.3) is 156 Å². The Balaban J connectivity index is 0.000000106. The zero-order valence-electron chi connectivity index (χ0n) is 87.5.